The van der Waals surface area contributed by atoms with Crippen LogP contribution in [-0.2, 0) is 16.1 Å². The summed E-state index contributed by atoms with van der Waals surface area (Å²) >= 11 is 0. The van der Waals surface area contributed by atoms with Crippen molar-refractivity contribution in [1.29, 1.82) is 0 Å². The van der Waals surface area contributed by atoms with E-state index in [1.54, 1.807) is 26.8 Å². The van der Waals surface area contributed by atoms with Gasteiger partial charge < -0.3 is 14.2 Å². The van der Waals surface area contributed by atoms with Crippen LogP contribution in [0.2, 0.25) is 0 Å². The van der Waals surface area contributed by atoms with E-state index in [1.165, 1.54) is 36.5 Å². The van der Waals surface area contributed by atoms with Gasteiger partial charge in [0, 0.05) is 23.9 Å². The number of anilines is 1. The van der Waals surface area contributed by atoms with Gasteiger partial charge in [-0.1, -0.05) is 6.07 Å². The molecule has 0 aliphatic carbocycles. The molecule has 0 radical (unpaired) electrons. The largest absolute Gasteiger partial charge is 0.514 e. The lowest BCUT2D eigenvalue weighted by Gasteiger charge is -2.19. The lowest BCUT2D eigenvalue weighted by molar-refractivity contribution is -0.384. The Morgan fingerprint density at radius 2 is 1.82 bits per heavy atom. The third kappa shape index (κ3) is 6.90. The highest BCUT2D eigenvalue weighted by Gasteiger charge is 2.16. The van der Waals surface area contributed by atoms with Gasteiger partial charge in [0.15, 0.2) is 0 Å². The fourth-order valence-electron chi connectivity index (χ4n) is 1.90. The van der Waals surface area contributed by atoms with Gasteiger partial charge in [-0.15, -0.1) is 0 Å². The Morgan fingerprint density at radius 1 is 1.14 bits per heavy atom. The van der Waals surface area contributed by atoms with Gasteiger partial charge in [0.25, 0.3) is 5.69 Å². The topological polar surface area (TPSA) is 130 Å². The van der Waals surface area contributed by atoms with E-state index in [-0.39, 0.29) is 23.9 Å². The molecule has 1 aromatic carbocycles. The van der Waals surface area contributed by atoms with E-state index in [4.69, 9.17) is 14.2 Å². The van der Waals surface area contributed by atoms with E-state index >= 15 is 0 Å². The van der Waals surface area contributed by atoms with Crippen LogP contribution in [0.1, 0.15) is 26.3 Å². The van der Waals surface area contributed by atoms with Gasteiger partial charge in [-0.25, -0.2) is 14.6 Å². The molecule has 148 valence electrons. The summed E-state index contributed by atoms with van der Waals surface area (Å²) in [5, 5.41) is 13.1. The van der Waals surface area contributed by atoms with Gasteiger partial charge in [0.2, 0.25) is 0 Å². The van der Waals surface area contributed by atoms with E-state index < -0.39 is 22.8 Å². The molecule has 0 saturated heterocycles. The number of nitrogens with one attached hydrogen (secondary N) is 1. The summed E-state index contributed by atoms with van der Waals surface area (Å²) in [6.07, 6.45) is -0.174. The first-order valence-corrected chi connectivity index (χ1v) is 8.16. The second kappa shape index (κ2) is 8.80. The summed E-state index contributed by atoms with van der Waals surface area (Å²) in [6.45, 7) is 5.13. The molecule has 2 aromatic rings. The van der Waals surface area contributed by atoms with Crippen LogP contribution in [-0.4, -0.2) is 27.8 Å². The minimum Gasteiger partial charge on any atom is -0.444 e. The Morgan fingerprint density at radius 3 is 2.36 bits per heavy atom. The molecular formula is C18H19N3O7. The SMILES string of the molecule is CC(C)(C)OC(=O)Nc1ccc(COC(=O)Oc2ccc([N+](=O)[O-])cc2)cn1. The van der Waals surface area contributed by atoms with Crippen LogP contribution in [0.25, 0.3) is 0 Å². The number of hydrogen-bond acceptors (Lipinski definition) is 8. The Labute approximate surface area is 160 Å². The Balaban J connectivity index is 1.81. The number of aromatic nitrogens is 1. The number of nitro benzene ring substituents is 1. The van der Waals surface area contributed by atoms with E-state index in [9.17, 15) is 19.7 Å². The molecule has 0 aliphatic rings. The normalized spacial score (nSPS) is 10.7. The average Bonchev–Trinajstić information content (AvgIpc) is 2.60. The molecule has 2 rings (SSSR count). The predicted molar refractivity (Wildman–Crippen MR) is 98.0 cm³/mol. The number of benzene rings is 1. The minimum absolute atomic E-state index is 0.106. The lowest BCUT2D eigenvalue weighted by Crippen LogP contribution is -2.27. The number of non-ortho nitro benzene ring substituents is 1. The van der Waals surface area contributed by atoms with E-state index in [2.05, 4.69) is 10.3 Å². The number of nitrogens with zero attached hydrogens (tertiary/aromatic N) is 2. The minimum atomic E-state index is -0.968. The van der Waals surface area contributed by atoms with E-state index in [1.807, 2.05) is 0 Å². The van der Waals surface area contributed by atoms with Gasteiger partial charge in [-0.3, -0.25) is 15.4 Å². The number of hydrogen-bond donors (Lipinski definition) is 1. The lowest BCUT2D eigenvalue weighted by atomic mass is 10.2. The Hall–Kier alpha value is -3.69. The van der Waals surface area contributed by atoms with Crippen molar-refractivity contribution in [3.05, 3.63) is 58.3 Å². The molecular weight excluding hydrogens is 370 g/mol. The summed E-state index contributed by atoms with van der Waals surface area (Å²) in [5.41, 5.74) is -0.177. The molecule has 0 unspecified atom stereocenters. The third-order valence-corrected chi connectivity index (χ3v) is 3.06. The van der Waals surface area contributed by atoms with Crippen LogP contribution in [0, 0.1) is 10.1 Å². The van der Waals surface area contributed by atoms with Crippen LogP contribution in [0.3, 0.4) is 0 Å². The van der Waals surface area contributed by atoms with Gasteiger partial charge in [-0.05, 0) is 39.0 Å². The second-order valence-electron chi connectivity index (χ2n) is 6.57. The van der Waals surface area contributed by atoms with Gasteiger partial charge in [0.1, 0.15) is 23.8 Å². The Bertz CT molecular complexity index is 843. The first kappa shape index (κ1) is 20.6. The Kier molecular flexibility index (Phi) is 6.48. The number of carbonyl (C=O) groups excluding carboxylic acids is 2. The zero-order chi connectivity index (χ0) is 20.7. The maximum atomic E-state index is 11.7. The van der Waals surface area contributed by atoms with Crippen LogP contribution in [0.15, 0.2) is 42.6 Å². The quantitative estimate of drug-likeness (QED) is 0.351. The maximum Gasteiger partial charge on any atom is 0.514 e. The smallest absolute Gasteiger partial charge is 0.444 e. The molecule has 1 N–H and O–H groups in total. The summed E-state index contributed by atoms with van der Waals surface area (Å²) in [5.74, 6) is 0.400. The average molecular weight is 389 g/mol. The first-order valence-electron chi connectivity index (χ1n) is 8.16. The summed E-state index contributed by atoms with van der Waals surface area (Å²) in [6, 6.07) is 8.14. The van der Waals surface area contributed by atoms with Crippen molar-refractivity contribution in [1.82, 2.24) is 4.98 Å². The van der Waals surface area contributed by atoms with E-state index in [0.29, 0.717) is 5.56 Å². The maximum absolute atomic E-state index is 11.7. The molecule has 28 heavy (non-hydrogen) atoms. The van der Waals surface area contributed by atoms with Gasteiger partial charge in [-0.2, -0.15) is 0 Å². The van der Waals surface area contributed by atoms with Crippen molar-refractivity contribution < 1.29 is 28.7 Å². The first-order chi connectivity index (χ1) is 13.1. The van der Waals surface area contributed by atoms with Gasteiger partial charge >= 0.3 is 12.2 Å². The highest BCUT2D eigenvalue weighted by atomic mass is 16.7. The molecule has 0 atom stereocenters. The molecule has 0 spiro atoms. The molecule has 1 heterocycles. The van der Waals surface area contributed by atoms with Crippen molar-refractivity contribution in [2.45, 2.75) is 33.0 Å². The number of carbonyl (C=O) groups is 2. The number of pyridine rings is 1. The zero-order valence-corrected chi connectivity index (χ0v) is 15.5. The molecule has 10 nitrogen and oxygen atoms in total. The number of amides is 1. The summed E-state index contributed by atoms with van der Waals surface area (Å²) < 4.78 is 15.0. The van der Waals surface area contributed by atoms with Crippen molar-refractivity contribution >= 4 is 23.8 Å². The molecule has 1 amide bonds. The van der Waals surface area contributed by atoms with Crippen molar-refractivity contribution in [3.63, 3.8) is 0 Å². The second-order valence-corrected chi connectivity index (χ2v) is 6.57. The van der Waals surface area contributed by atoms with Crippen molar-refractivity contribution in [2.24, 2.45) is 0 Å². The molecule has 0 saturated carbocycles. The molecule has 0 aliphatic heterocycles. The molecule has 10 heteroatoms. The van der Waals surface area contributed by atoms with Crippen LogP contribution < -0.4 is 10.1 Å². The van der Waals surface area contributed by atoms with Crippen LogP contribution >= 0.6 is 0 Å². The highest BCUT2D eigenvalue weighted by molar-refractivity contribution is 5.83. The van der Waals surface area contributed by atoms with Crippen molar-refractivity contribution in [3.8, 4) is 5.75 Å². The molecule has 0 bridgehead atoms. The third-order valence-electron chi connectivity index (χ3n) is 3.06. The zero-order valence-electron chi connectivity index (χ0n) is 15.5. The fourth-order valence-corrected chi connectivity index (χ4v) is 1.90. The van der Waals surface area contributed by atoms with Crippen molar-refractivity contribution in [2.75, 3.05) is 5.32 Å². The fraction of sp³-hybridized carbons (Fsp3) is 0.278. The standard InChI is InChI=1S/C18H19N3O7/c1-18(2,3)28-16(22)20-15-9-4-12(10-19-15)11-26-17(23)27-14-7-5-13(6-8-14)21(24)25/h4-10H,11H2,1-3H3,(H,19,20,22). The van der Waals surface area contributed by atoms with Crippen LogP contribution in [0.5, 0.6) is 5.75 Å². The number of nitro groups is 1. The number of rotatable bonds is 5. The molecule has 0 fully saturated rings. The van der Waals surface area contributed by atoms with Crippen LogP contribution in [0.4, 0.5) is 21.1 Å². The number of ether oxygens (including phenoxy) is 3. The van der Waals surface area contributed by atoms with Gasteiger partial charge in [0.05, 0.1) is 4.92 Å². The summed E-state index contributed by atoms with van der Waals surface area (Å²) in [4.78, 5) is 37.4. The predicted octanol–water partition coefficient (Wildman–Crippen LogP) is 4.05. The monoisotopic (exact) mass is 389 g/mol. The highest BCUT2D eigenvalue weighted by Crippen LogP contribution is 2.18. The van der Waals surface area contributed by atoms with E-state index in [0.717, 1.165) is 0 Å². The summed E-state index contributed by atoms with van der Waals surface area (Å²) in [7, 11) is 0. The molecule has 1 aromatic heterocycles.